The molecule has 1 atom stereocenters. The van der Waals surface area contributed by atoms with Crippen molar-refractivity contribution in [3.63, 3.8) is 0 Å². The van der Waals surface area contributed by atoms with Crippen LogP contribution >= 0.6 is 11.3 Å². The van der Waals surface area contributed by atoms with E-state index in [1.165, 1.54) is 11.3 Å². The van der Waals surface area contributed by atoms with Gasteiger partial charge < -0.3 is 24.8 Å². The molecule has 0 bridgehead atoms. The van der Waals surface area contributed by atoms with Crippen molar-refractivity contribution in [1.29, 1.82) is 0 Å². The molecule has 2 heterocycles. The van der Waals surface area contributed by atoms with Crippen molar-refractivity contribution < 1.29 is 23.8 Å². The highest BCUT2D eigenvalue weighted by molar-refractivity contribution is 7.14. The molecule has 0 saturated carbocycles. The van der Waals surface area contributed by atoms with Gasteiger partial charge in [0.05, 0.1) is 5.69 Å². The number of aromatic nitrogens is 1. The molecule has 2 aromatic carbocycles. The van der Waals surface area contributed by atoms with Gasteiger partial charge in [-0.25, -0.2) is 9.78 Å². The summed E-state index contributed by atoms with van der Waals surface area (Å²) in [7, 11) is 0. The molecule has 3 aromatic rings. The minimum atomic E-state index is -0.787. The van der Waals surface area contributed by atoms with E-state index in [0.29, 0.717) is 35.5 Å². The fraction of sp³-hybridized carbons (Fsp3) is 0.227. The quantitative estimate of drug-likeness (QED) is 0.606. The van der Waals surface area contributed by atoms with Crippen LogP contribution in [0.3, 0.4) is 0 Å². The van der Waals surface area contributed by atoms with Crippen LogP contribution in [0, 0.1) is 0 Å². The molecule has 2 N–H and O–H groups in total. The van der Waals surface area contributed by atoms with E-state index in [1.807, 2.05) is 53.9 Å². The zero-order chi connectivity index (χ0) is 21.6. The third-order valence-electron chi connectivity index (χ3n) is 4.51. The van der Waals surface area contributed by atoms with E-state index in [1.54, 1.807) is 6.92 Å². The summed E-state index contributed by atoms with van der Waals surface area (Å²) in [5, 5.41) is 7.50. The first-order valence-corrected chi connectivity index (χ1v) is 10.6. The molecule has 1 aromatic heterocycles. The second kappa shape index (κ2) is 9.48. The number of ether oxygens (including phenoxy) is 3. The number of benzene rings is 2. The van der Waals surface area contributed by atoms with E-state index >= 15 is 0 Å². The van der Waals surface area contributed by atoms with E-state index in [-0.39, 0.29) is 12.5 Å². The number of hydrogen-bond donors (Lipinski definition) is 2. The molecular weight excluding hydrogens is 418 g/mol. The monoisotopic (exact) mass is 439 g/mol. The van der Waals surface area contributed by atoms with Crippen LogP contribution in [0.5, 0.6) is 11.5 Å². The van der Waals surface area contributed by atoms with Crippen LogP contribution < -0.4 is 20.1 Å². The smallest absolute Gasteiger partial charge is 0.408 e. The zero-order valence-electron chi connectivity index (χ0n) is 16.8. The van der Waals surface area contributed by atoms with Gasteiger partial charge in [0.25, 0.3) is 0 Å². The van der Waals surface area contributed by atoms with Crippen LogP contribution in [-0.2, 0) is 16.1 Å². The number of carbonyl (C=O) groups excluding carboxylic acids is 2. The molecule has 160 valence electrons. The lowest BCUT2D eigenvalue weighted by Gasteiger charge is -2.18. The highest BCUT2D eigenvalue weighted by Gasteiger charge is 2.19. The van der Waals surface area contributed by atoms with Crippen molar-refractivity contribution >= 4 is 28.5 Å². The summed E-state index contributed by atoms with van der Waals surface area (Å²) < 4.78 is 16.3. The Hall–Kier alpha value is -3.59. The standard InChI is InChI=1S/C22H21N3O5S/c1-14(23-22(27)30-12-15-5-3-2-4-6-15)20(26)25-21-24-17(13-31-21)16-7-8-18-19(11-16)29-10-9-28-18/h2-8,11,13-14H,9-10,12H2,1H3,(H,23,27)(H,24,25,26). The molecule has 8 nitrogen and oxygen atoms in total. The molecule has 0 aliphatic carbocycles. The number of amides is 2. The van der Waals surface area contributed by atoms with Gasteiger partial charge in [-0.3, -0.25) is 4.79 Å². The van der Waals surface area contributed by atoms with Crippen LogP contribution in [0.4, 0.5) is 9.93 Å². The first-order chi connectivity index (χ1) is 15.1. The molecular formula is C22H21N3O5S. The molecule has 0 fully saturated rings. The second-order valence-corrected chi connectivity index (χ2v) is 7.67. The van der Waals surface area contributed by atoms with E-state index in [2.05, 4.69) is 15.6 Å². The fourth-order valence-corrected chi connectivity index (χ4v) is 3.61. The maximum atomic E-state index is 12.4. The van der Waals surface area contributed by atoms with E-state index in [9.17, 15) is 9.59 Å². The number of thiazole rings is 1. The number of anilines is 1. The summed E-state index contributed by atoms with van der Waals surface area (Å²) in [5.41, 5.74) is 2.43. The van der Waals surface area contributed by atoms with Gasteiger partial charge in [0.2, 0.25) is 5.91 Å². The molecule has 0 spiro atoms. The van der Waals surface area contributed by atoms with Crippen molar-refractivity contribution in [1.82, 2.24) is 10.3 Å². The van der Waals surface area contributed by atoms with Crippen LogP contribution in [0.15, 0.2) is 53.9 Å². The number of fused-ring (bicyclic) bond motifs is 1. The number of nitrogens with zero attached hydrogens (tertiary/aromatic N) is 1. The summed E-state index contributed by atoms with van der Waals surface area (Å²) in [6.07, 6.45) is -0.664. The van der Waals surface area contributed by atoms with Crippen molar-refractivity contribution in [2.24, 2.45) is 0 Å². The molecule has 0 radical (unpaired) electrons. The normalized spacial score (nSPS) is 13.2. The third kappa shape index (κ3) is 5.32. The maximum absolute atomic E-state index is 12.4. The van der Waals surface area contributed by atoms with Crippen molar-refractivity contribution in [2.75, 3.05) is 18.5 Å². The Balaban J connectivity index is 1.30. The number of alkyl carbamates (subject to hydrolysis) is 1. The molecule has 0 saturated heterocycles. The highest BCUT2D eigenvalue weighted by atomic mass is 32.1. The second-order valence-electron chi connectivity index (χ2n) is 6.81. The summed E-state index contributed by atoms with van der Waals surface area (Å²) >= 11 is 1.29. The lowest BCUT2D eigenvalue weighted by Crippen LogP contribution is -2.41. The molecule has 31 heavy (non-hydrogen) atoms. The van der Waals surface area contributed by atoms with Crippen molar-refractivity contribution in [2.45, 2.75) is 19.6 Å². The van der Waals surface area contributed by atoms with E-state index in [4.69, 9.17) is 14.2 Å². The van der Waals surface area contributed by atoms with Crippen LogP contribution in [0.2, 0.25) is 0 Å². The topological polar surface area (TPSA) is 98.8 Å². The number of carbonyl (C=O) groups is 2. The Morgan fingerprint density at radius 1 is 1.13 bits per heavy atom. The summed E-state index contributed by atoms with van der Waals surface area (Å²) in [5.74, 6) is 0.992. The molecule has 1 aliphatic heterocycles. The summed E-state index contributed by atoms with van der Waals surface area (Å²) in [4.78, 5) is 28.8. The Labute approximate surface area is 183 Å². The highest BCUT2D eigenvalue weighted by Crippen LogP contribution is 2.35. The average Bonchev–Trinajstić information content (AvgIpc) is 3.26. The third-order valence-corrected chi connectivity index (χ3v) is 5.27. The van der Waals surface area contributed by atoms with Crippen molar-refractivity contribution in [3.05, 3.63) is 59.5 Å². The molecule has 1 unspecified atom stereocenters. The largest absolute Gasteiger partial charge is 0.486 e. The zero-order valence-corrected chi connectivity index (χ0v) is 17.6. The van der Waals surface area contributed by atoms with Crippen LogP contribution in [-0.4, -0.2) is 36.2 Å². The SMILES string of the molecule is CC(NC(=O)OCc1ccccc1)C(=O)Nc1nc(-c2ccc3c(c2)OCCO3)cs1. The lowest BCUT2D eigenvalue weighted by atomic mass is 10.1. The van der Waals surface area contributed by atoms with Gasteiger partial charge in [0.1, 0.15) is 25.9 Å². The summed E-state index contributed by atoms with van der Waals surface area (Å²) in [6.45, 7) is 2.75. The predicted molar refractivity (Wildman–Crippen MR) is 116 cm³/mol. The van der Waals surface area contributed by atoms with Gasteiger partial charge in [0.15, 0.2) is 16.6 Å². The predicted octanol–water partition coefficient (Wildman–Crippen LogP) is 3.83. The van der Waals surface area contributed by atoms with E-state index < -0.39 is 12.1 Å². The van der Waals surface area contributed by atoms with Gasteiger partial charge in [-0.2, -0.15) is 0 Å². The summed E-state index contributed by atoms with van der Waals surface area (Å²) in [6, 6.07) is 14.1. The number of nitrogens with one attached hydrogen (secondary N) is 2. The van der Waals surface area contributed by atoms with Crippen molar-refractivity contribution in [3.8, 4) is 22.8 Å². The number of rotatable bonds is 6. The maximum Gasteiger partial charge on any atom is 0.408 e. The average molecular weight is 439 g/mol. The minimum Gasteiger partial charge on any atom is -0.486 e. The van der Waals surface area contributed by atoms with Crippen LogP contribution in [0.1, 0.15) is 12.5 Å². The Bertz CT molecular complexity index is 1070. The van der Waals surface area contributed by atoms with Gasteiger partial charge >= 0.3 is 6.09 Å². The molecule has 9 heteroatoms. The van der Waals surface area contributed by atoms with E-state index in [0.717, 1.165) is 11.1 Å². The van der Waals surface area contributed by atoms with Gasteiger partial charge in [-0.1, -0.05) is 30.3 Å². The number of hydrogen-bond acceptors (Lipinski definition) is 7. The fourth-order valence-electron chi connectivity index (χ4n) is 2.89. The van der Waals surface area contributed by atoms with Gasteiger partial charge in [0, 0.05) is 10.9 Å². The Kier molecular flexibility index (Phi) is 6.32. The first-order valence-electron chi connectivity index (χ1n) is 9.72. The van der Waals surface area contributed by atoms with Crippen LogP contribution in [0.25, 0.3) is 11.3 Å². The van der Waals surface area contributed by atoms with Gasteiger partial charge in [-0.05, 0) is 30.7 Å². The Morgan fingerprint density at radius 2 is 1.90 bits per heavy atom. The molecule has 2 amide bonds. The first kappa shape index (κ1) is 20.7. The molecule has 1 aliphatic rings. The van der Waals surface area contributed by atoms with Gasteiger partial charge in [-0.15, -0.1) is 11.3 Å². The molecule has 4 rings (SSSR count). The lowest BCUT2D eigenvalue weighted by molar-refractivity contribution is -0.117. The Morgan fingerprint density at radius 3 is 2.71 bits per heavy atom. The minimum absolute atomic E-state index is 0.131.